The normalized spacial score (nSPS) is 18.2. The highest BCUT2D eigenvalue weighted by molar-refractivity contribution is 6.06. The molecule has 2 aromatic carbocycles. The van der Waals surface area contributed by atoms with Crippen LogP contribution in [0.15, 0.2) is 71.3 Å². The predicted molar refractivity (Wildman–Crippen MR) is 113 cm³/mol. The average molecular weight is 388 g/mol. The lowest BCUT2D eigenvalue weighted by molar-refractivity contribution is -0.117. The van der Waals surface area contributed by atoms with E-state index in [1.165, 1.54) is 6.26 Å². The van der Waals surface area contributed by atoms with Gasteiger partial charge in [0.1, 0.15) is 0 Å². The summed E-state index contributed by atoms with van der Waals surface area (Å²) in [5.74, 6) is 0.128. The molecular weight excluding hydrogens is 364 g/mol. The van der Waals surface area contributed by atoms with E-state index >= 15 is 0 Å². The zero-order valence-corrected chi connectivity index (χ0v) is 16.8. The van der Waals surface area contributed by atoms with Gasteiger partial charge >= 0.3 is 0 Å². The largest absolute Gasteiger partial charge is 0.459 e. The Hall–Kier alpha value is -3.34. The molecule has 0 saturated carbocycles. The lowest BCUT2D eigenvalue weighted by Crippen LogP contribution is -2.47. The third-order valence-corrected chi connectivity index (χ3v) is 5.54. The third kappa shape index (κ3) is 3.33. The van der Waals surface area contributed by atoms with E-state index in [0.717, 1.165) is 22.5 Å². The number of furan rings is 1. The summed E-state index contributed by atoms with van der Waals surface area (Å²) in [6.45, 7) is 5.62. The minimum Gasteiger partial charge on any atom is -0.459 e. The molecule has 2 amide bonds. The maximum absolute atomic E-state index is 13.1. The van der Waals surface area contributed by atoms with Crippen LogP contribution in [0.5, 0.6) is 0 Å². The summed E-state index contributed by atoms with van der Waals surface area (Å²) >= 11 is 0. The van der Waals surface area contributed by atoms with E-state index in [2.05, 4.69) is 0 Å². The molecule has 0 fully saturated rings. The van der Waals surface area contributed by atoms with Crippen molar-refractivity contribution in [3.8, 4) is 0 Å². The van der Waals surface area contributed by atoms with Crippen molar-refractivity contribution in [2.75, 3.05) is 9.80 Å². The molecule has 3 aromatic rings. The van der Waals surface area contributed by atoms with Crippen molar-refractivity contribution >= 4 is 23.2 Å². The second-order valence-electron chi connectivity index (χ2n) is 7.49. The number of para-hydroxylation sites is 2. The number of hydrogen-bond acceptors (Lipinski definition) is 3. The first-order chi connectivity index (χ1) is 14.0. The first kappa shape index (κ1) is 19.0. The summed E-state index contributed by atoms with van der Waals surface area (Å²) in [7, 11) is 0. The van der Waals surface area contributed by atoms with Gasteiger partial charge < -0.3 is 14.2 Å². The number of carbonyl (C=O) groups excluding carboxylic acids is 2. The molecule has 1 aliphatic rings. The molecule has 2 atom stereocenters. The number of benzene rings is 2. The summed E-state index contributed by atoms with van der Waals surface area (Å²) in [5.41, 5.74) is 3.72. The Morgan fingerprint density at radius 3 is 2.45 bits per heavy atom. The van der Waals surface area contributed by atoms with Crippen molar-refractivity contribution in [1.82, 2.24) is 0 Å². The van der Waals surface area contributed by atoms with E-state index in [-0.39, 0.29) is 23.9 Å². The van der Waals surface area contributed by atoms with Crippen molar-refractivity contribution in [2.45, 2.75) is 39.3 Å². The van der Waals surface area contributed by atoms with Crippen molar-refractivity contribution < 1.29 is 14.0 Å². The number of hydrogen-bond donors (Lipinski definition) is 0. The predicted octanol–water partition coefficient (Wildman–Crippen LogP) is 5.12. The molecule has 0 radical (unpaired) electrons. The fourth-order valence-corrected chi connectivity index (χ4v) is 4.25. The lowest BCUT2D eigenvalue weighted by atomic mass is 9.89. The summed E-state index contributed by atoms with van der Waals surface area (Å²) < 4.78 is 5.35. The quantitative estimate of drug-likeness (QED) is 0.626. The monoisotopic (exact) mass is 388 g/mol. The number of anilines is 2. The zero-order valence-electron chi connectivity index (χ0n) is 16.8. The molecule has 2 unspecified atom stereocenters. The summed E-state index contributed by atoms with van der Waals surface area (Å²) in [4.78, 5) is 29.5. The van der Waals surface area contributed by atoms with Crippen molar-refractivity contribution in [3.05, 3.63) is 83.8 Å². The number of amides is 2. The highest BCUT2D eigenvalue weighted by Crippen LogP contribution is 2.43. The van der Waals surface area contributed by atoms with E-state index in [0.29, 0.717) is 12.2 Å². The Morgan fingerprint density at radius 1 is 1.03 bits per heavy atom. The molecule has 148 valence electrons. The van der Waals surface area contributed by atoms with Crippen LogP contribution >= 0.6 is 0 Å². The molecule has 5 heteroatoms. The van der Waals surface area contributed by atoms with Gasteiger partial charge in [0.2, 0.25) is 5.91 Å². The van der Waals surface area contributed by atoms with Gasteiger partial charge in [0, 0.05) is 24.3 Å². The van der Waals surface area contributed by atoms with Crippen LogP contribution in [-0.4, -0.2) is 17.9 Å². The molecule has 4 rings (SSSR count). The Kier molecular flexibility index (Phi) is 4.97. The number of rotatable bonds is 3. The van der Waals surface area contributed by atoms with Crippen LogP contribution in [0.4, 0.5) is 11.4 Å². The van der Waals surface area contributed by atoms with E-state index in [4.69, 9.17) is 4.42 Å². The molecular formula is C24H24N2O3. The molecule has 0 aliphatic carbocycles. The van der Waals surface area contributed by atoms with Crippen LogP contribution in [0, 0.1) is 6.92 Å². The molecule has 0 N–H and O–H groups in total. The van der Waals surface area contributed by atoms with Gasteiger partial charge in [-0.15, -0.1) is 0 Å². The van der Waals surface area contributed by atoms with Crippen LogP contribution in [0.2, 0.25) is 0 Å². The SMILES string of the molecule is CC(=O)N(c1ccccc1C)C1CC(C)N(C(=O)c2ccco2)c2ccccc21. The zero-order chi connectivity index (χ0) is 20.5. The number of nitrogens with zero attached hydrogens (tertiary/aromatic N) is 2. The van der Waals surface area contributed by atoms with Gasteiger partial charge in [-0.25, -0.2) is 0 Å². The van der Waals surface area contributed by atoms with E-state index in [1.807, 2.05) is 67.3 Å². The first-order valence-corrected chi connectivity index (χ1v) is 9.80. The number of aryl methyl sites for hydroxylation is 1. The molecule has 0 bridgehead atoms. The van der Waals surface area contributed by atoms with Crippen molar-refractivity contribution in [2.24, 2.45) is 0 Å². The van der Waals surface area contributed by atoms with Crippen LogP contribution in [0.25, 0.3) is 0 Å². The Morgan fingerprint density at radius 2 is 1.76 bits per heavy atom. The highest BCUT2D eigenvalue weighted by atomic mass is 16.3. The van der Waals surface area contributed by atoms with Gasteiger partial charge in [-0.2, -0.15) is 0 Å². The smallest absolute Gasteiger partial charge is 0.294 e. The average Bonchev–Trinajstić information content (AvgIpc) is 3.24. The van der Waals surface area contributed by atoms with Gasteiger partial charge in [0.15, 0.2) is 5.76 Å². The molecule has 1 aliphatic heterocycles. The van der Waals surface area contributed by atoms with Crippen LogP contribution < -0.4 is 9.80 Å². The Labute approximate surface area is 170 Å². The van der Waals surface area contributed by atoms with Gasteiger partial charge in [0.25, 0.3) is 5.91 Å². The van der Waals surface area contributed by atoms with Gasteiger partial charge in [0.05, 0.1) is 12.3 Å². The molecule has 0 saturated heterocycles. The highest BCUT2D eigenvalue weighted by Gasteiger charge is 2.38. The second kappa shape index (κ2) is 7.59. The maximum Gasteiger partial charge on any atom is 0.294 e. The van der Waals surface area contributed by atoms with E-state index < -0.39 is 0 Å². The lowest BCUT2D eigenvalue weighted by Gasteiger charge is -2.43. The van der Waals surface area contributed by atoms with E-state index in [1.54, 1.807) is 24.0 Å². The van der Waals surface area contributed by atoms with Crippen LogP contribution in [0.1, 0.15) is 48.0 Å². The molecule has 29 heavy (non-hydrogen) atoms. The van der Waals surface area contributed by atoms with Crippen molar-refractivity contribution in [1.29, 1.82) is 0 Å². The van der Waals surface area contributed by atoms with Gasteiger partial charge in [-0.1, -0.05) is 36.4 Å². The van der Waals surface area contributed by atoms with Gasteiger partial charge in [-0.05, 0) is 55.7 Å². The van der Waals surface area contributed by atoms with E-state index in [9.17, 15) is 9.59 Å². The molecule has 1 aromatic heterocycles. The summed E-state index contributed by atoms with van der Waals surface area (Å²) in [5, 5.41) is 0. The maximum atomic E-state index is 13.1. The minimum absolute atomic E-state index is 0.0166. The Bertz CT molecular complexity index is 1040. The van der Waals surface area contributed by atoms with Crippen LogP contribution in [-0.2, 0) is 4.79 Å². The summed E-state index contributed by atoms with van der Waals surface area (Å²) in [6.07, 6.45) is 2.14. The van der Waals surface area contributed by atoms with Gasteiger partial charge in [-0.3, -0.25) is 9.59 Å². The molecule has 5 nitrogen and oxygen atoms in total. The standard InChI is InChI=1S/C24H24N2O3/c1-16-9-4-6-11-20(16)26(18(3)27)22-15-17(2)25(21-12-7-5-10-19(21)22)24(28)23-13-8-14-29-23/h4-14,17,22H,15H2,1-3H3. The molecule has 2 heterocycles. The number of carbonyl (C=O) groups is 2. The summed E-state index contributed by atoms with van der Waals surface area (Å²) in [6, 6.07) is 18.9. The number of fused-ring (bicyclic) bond motifs is 1. The molecule has 0 spiro atoms. The fraction of sp³-hybridized carbons (Fsp3) is 0.250. The Balaban J connectivity index is 1.81. The fourth-order valence-electron chi connectivity index (χ4n) is 4.25. The van der Waals surface area contributed by atoms with Crippen molar-refractivity contribution in [3.63, 3.8) is 0 Å². The first-order valence-electron chi connectivity index (χ1n) is 9.80. The van der Waals surface area contributed by atoms with Crippen LogP contribution in [0.3, 0.4) is 0 Å². The minimum atomic E-state index is -0.168. The third-order valence-electron chi connectivity index (χ3n) is 5.54. The topological polar surface area (TPSA) is 53.8 Å². The second-order valence-corrected chi connectivity index (χ2v) is 7.49.